The first-order chi connectivity index (χ1) is 15.7. The molecule has 5 rings (SSSR count). The Morgan fingerprint density at radius 1 is 1.12 bits per heavy atom. The van der Waals surface area contributed by atoms with Crippen LogP contribution in [0.2, 0.25) is 0 Å². The van der Waals surface area contributed by atoms with Gasteiger partial charge in [0.2, 0.25) is 6.29 Å². The van der Waals surface area contributed by atoms with Crippen LogP contribution in [0.4, 0.5) is 0 Å². The summed E-state index contributed by atoms with van der Waals surface area (Å²) in [6, 6.07) is 20.4. The van der Waals surface area contributed by atoms with Gasteiger partial charge in [0.25, 0.3) is 0 Å². The number of tetrazole rings is 1. The number of rotatable bonds is 5. The molecular weight excluding hydrogens is 476 g/mol. The van der Waals surface area contributed by atoms with E-state index >= 15 is 0 Å². The maximum atomic E-state index is 12.6. The first-order valence-electron chi connectivity index (χ1n) is 9.82. The largest absolute Gasteiger partial charge is 0.460 e. The fraction of sp³-hybridized carbons (Fsp3) is 0.130. The van der Waals surface area contributed by atoms with Gasteiger partial charge in [-0.3, -0.25) is 0 Å². The number of aromatic nitrogens is 4. The fourth-order valence-corrected chi connectivity index (χ4v) is 3.97. The van der Waals surface area contributed by atoms with E-state index in [0.717, 1.165) is 26.9 Å². The fourth-order valence-electron chi connectivity index (χ4n) is 3.42. The van der Waals surface area contributed by atoms with Crippen molar-refractivity contribution in [3.63, 3.8) is 0 Å². The highest BCUT2D eigenvalue weighted by atomic mass is 79.9. The zero-order valence-corrected chi connectivity index (χ0v) is 18.3. The monoisotopic (exact) mass is 492 g/mol. The van der Waals surface area contributed by atoms with Gasteiger partial charge in [0, 0.05) is 21.2 Å². The molecule has 0 spiro atoms. The van der Waals surface area contributed by atoms with Crippen molar-refractivity contribution >= 4 is 21.9 Å². The van der Waals surface area contributed by atoms with Crippen LogP contribution in [-0.4, -0.2) is 26.2 Å². The van der Waals surface area contributed by atoms with Gasteiger partial charge < -0.3 is 14.2 Å². The third-order valence-electron chi connectivity index (χ3n) is 4.97. The van der Waals surface area contributed by atoms with Crippen molar-refractivity contribution in [1.82, 2.24) is 20.2 Å². The Bertz CT molecular complexity index is 1230. The van der Waals surface area contributed by atoms with Crippen molar-refractivity contribution in [2.45, 2.75) is 19.5 Å². The lowest BCUT2D eigenvalue weighted by molar-refractivity contribution is -0.112. The van der Waals surface area contributed by atoms with Gasteiger partial charge in [-0.05, 0) is 46.8 Å². The Kier molecular flexibility index (Phi) is 5.66. The van der Waals surface area contributed by atoms with Crippen molar-refractivity contribution in [2.75, 3.05) is 0 Å². The summed E-state index contributed by atoms with van der Waals surface area (Å²) >= 11 is 3.51. The Labute approximate surface area is 191 Å². The van der Waals surface area contributed by atoms with Gasteiger partial charge >= 0.3 is 5.97 Å². The number of carbonyl (C=O) groups is 1. The van der Waals surface area contributed by atoms with Crippen molar-refractivity contribution in [1.29, 1.82) is 0 Å². The summed E-state index contributed by atoms with van der Waals surface area (Å²) in [6.07, 6.45) is 0.967. The predicted octanol–water partition coefficient (Wildman–Crippen LogP) is 4.39. The smallest absolute Gasteiger partial charge is 0.338 e. The lowest BCUT2D eigenvalue weighted by atomic mass is 10.1. The van der Waals surface area contributed by atoms with Gasteiger partial charge in [0.15, 0.2) is 0 Å². The molecule has 32 heavy (non-hydrogen) atoms. The molecule has 1 aliphatic heterocycles. The Hall–Kier alpha value is -3.56. The van der Waals surface area contributed by atoms with Gasteiger partial charge in [0.1, 0.15) is 18.7 Å². The number of nitrogens with zero attached hydrogens (tertiary/aromatic N) is 4. The quantitative estimate of drug-likeness (QED) is 0.381. The van der Waals surface area contributed by atoms with Crippen LogP contribution in [0.3, 0.4) is 0 Å². The molecule has 160 valence electrons. The van der Waals surface area contributed by atoms with Gasteiger partial charge in [0.05, 0.1) is 17.9 Å². The normalized spacial score (nSPS) is 15.0. The molecule has 0 amide bonds. The molecule has 9 heteroatoms. The van der Waals surface area contributed by atoms with Crippen LogP contribution in [0, 0.1) is 0 Å². The zero-order valence-electron chi connectivity index (χ0n) is 16.7. The minimum atomic E-state index is -0.516. The van der Waals surface area contributed by atoms with E-state index in [4.69, 9.17) is 14.2 Å². The average Bonchev–Trinajstić information content (AvgIpc) is 3.38. The number of ether oxygens (including phenoxy) is 3. The molecule has 2 heterocycles. The van der Waals surface area contributed by atoms with Crippen LogP contribution in [0.1, 0.15) is 33.3 Å². The maximum absolute atomic E-state index is 12.6. The lowest BCUT2D eigenvalue weighted by Gasteiger charge is -2.28. The highest BCUT2D eigenvalue weighted by Gasteiger charge is 2.25. The van der Waals surface area contributed by atoms with Crippen molar-refractivity contribution < 1.29 is 19.0 Å². The van der Waals surface area contributed by atoms with E-state index in [1.165, 1.54) is 11.0 Å². The summed E-state index contributed by atoms with van der Waals surface area (Å²) in [5.41, 5.74) is 3.75. The SMILES string of the molecule is O=C(OCc1cc(Br)cc2c1OC(c1ccccc1)OC2)c1ccc(-n2cnnn2)cc1. The minimum Gasteiger partial charge on any atom is -0.460 e. The molecule has 4 aromatic rings. The molecule has 1 atom stereocenters. The van der Waals surface area contributed by atoms with Gasteiger partial charge in [-0.2, -0.15) is 0 Å². The highest BCUT2D eigenvalue weighted by molar-refractivity contribution is 9.10. The van der Waals surface area contributed by atoms with Crippen molar-refractivity contribution in [2.24, 2.45) is 0 Å². The minimum absolute atomic E-state index is 0.0663. The summed E-state index contributed by atoms with van der Waals surface area (Å²) < 4.78 is 20.0. The van der Waals surface area contributed by atoms with Gasteiger partial charge in [-0.15, -0.1) is 5.10 Å². The van der Waals surface area contributed by atoms with Crippen LogP contribution in [0.15, 0.2) is 77.5 Å². The van der Waals surface area contributed by atoms with E-state index < -0.39 is 12.3 Å². The molecule has 0 N–H and O–H groups in total. The van der Waals surface area contributed by atoms with Crippen LogP contribution in [-0.2, 0) is 22.7 Å². The van der Waals surface area contributed by atoms with E-state index in [2.05, 4.69) is 31.5 Å². The van der Waals surface area contributed by atoms with E-state index in [1.807, 2.05) is 42.5 Å². The Balaban J connectivity index is 1.31. The summed E-state index contributed by atoms with van der Waals surface area (Å²) in [7, 11) is 0. The number of carbonyl (C=O) groups excluding carboxylic acids is 1. The van der Waals surface area contributed by atoms with Crippen LogP contribution < -0.4 is 4.74 Å². The molecule has 3 aromatic carbocycles. The molecule has 0 aliphatic carbocycles. The second-order valence-electron chi connectivity index (χ2n) is 7.10. The van der Waals surface area contributed by atoms with Gasteiger partial charge in [-0.1, -0.05) is 46.3 Å². The number of hydrogen-bond acceptors (Lipinski definition) is 7. The highest BCUT2D eigenvalue weighted by Crippen LogP contribution is 2.38. The summed E-state index contributed by atoms with van der Waals surface area (Å²) in [5, 5.41) is 11.0. The number of hydrogen-bond donors (Lipinski definition) is 0. The molecule has 1 unspecified atom stereocenters. The van der Waals surface area contributed by atoms with Crippen LogP contribution >= 0.6 is 15.9 Å². The number of fused-ring (bicyclic) bond motifs is 1. The zero-order chi connectivity index (χ0) is 21.9. The number of esters is 1. The van der Waals surface area contributed by atoms with Crippen molar-refractivity contribution in [3.05, 3.63) is 99.8 Å². The van der Waals surface area contributed by atoms with Crippen molar-refractivity contribution in [3.8, 4) is 11.4 Å². The van der Waals surface area contributed by atoms with E-state index in [0.29, 0.717) is 17.9 Å². The van der Waals surface area contributed by atoms with Gasteiger partial charge in [-0.25, -0.2) is 9.48 Å². The number of halogens is 1. The summed E-state index contributed by atoms with van der Waals surface area (Å²) in [6.45, 7) is 0.463. The molecule has 0 radical (unpaired) electrons. The predicted molar refractivity (Wildman–Crippen MR) is 117 cm³/mol. The second-order valence-corrected chi connectivity index (χ2v) is 8.02. The molecule has 1 aliphatic rings. The Morgan fingerprint density at radius 2 is 1.94 bits per heavy atom. The second kappa shape index (κ2) is 8.89. The molecule has 0 saturated carbocycles. The molecular formula is C23H17BrN4O4. The Morgan fingerprint density at radius 3 is 2.69 bits per heavy atom. The third kappa shape index (κ3) is 4.25. The topological polar surface area (TPSA) is 88.4 Å². The summed E-state index contributed by atoms with van der Waals surface area (Å²) in [5.74, 6) is 0.240. The standard InChI is InChI=1S/C23H17BrN4O4/c24-19-10-17(21-18(11-19)13-31-23(32-21)16-4-2-1-3-5-16)12-30-22(29)15-6-8-20(9-7-15)28-14-25-26-27-28/h1-11,14,23H,12-13H2. The average molecular weight is 493 g/mol. The van der Waals surface area contributed by atoms with E-state index in [1.54, 1.807) is 24.3 Å². The molecule has 0 saturated heterocycles. The molecule has 0 bridgehead atoms. The third-order valence-corrected chi connectivity index (χ3v) is 5.43. The lowest BCUT2D eigenvalue weighted by Crippen LogP contribution is -2.19. The van der Waals surface area contributed by atoms with E-state index in [9.17, 15) is 4.79 Å². The van der Waals surface area contributed by atoms with Crippen LogP contribution in [0.25, 0.3) is 5.69 Å². The summed E-state index contributed by atoms with van der Waals surface area (Å²) in [4.78, 5) is 12.6. The molecule has 1 aromatic heterocycles. The van der Waals surface area contributed by atoms with E-state index in [-0.39, 0.29) is 6.61 Å². The molecule has 0 fully saturated rings. The van der Waals surface area contributed by atoms with Crippen LogP contribution in [0.5, 0.6) is 5.75 Å². The number of benzene rings is 3. The first-order valence-corrected chi connectivity index (χ1v) is 10.6. The molecule has 8 nitrogen and oxygen atoms in total. The first kappa shape index (κ1) is 20.3. The maximum Gasteiger partial charge on any atom is 0.338 e.